The monoisotopic (exact) mass is 317 g/mol. The lowest BCUT2D eigenvalue weighted by Gasteiger charge is -2.29. The van der Waals surface area contributed by atoms with Gasteiger partial charge in [0, 0.05) is 12.1 Å². The lowest BCUT2D eigenvalue weighted by atomic mass is 9.96. The Labute approximate surface area is 136 Å². The lowest BCUT2D eigenvalue weighted by Crippen LogP contribution is -3.12. The molecule has 0 radical (unpaired) electrons. The van der Waals surface area contributed by atoms with Gasteiger partial charge in [0.25, 0.3) is 0 Å². The van der Waals surface area contributed by atoms with Crippen LogP contribution in [-0.4, -0.2) is 34.1 Å². The number of benzene rings is 1. The predicted molar refractivity (Wildman–Crippen MR) is 90.3 cm³/mol. The van der Waals surface area contributed by atoms with E-state index in [1.807, 2.05) is 0 Å². The number of nitrogens with one attached hydrogen (secondary N) is 1. The van der Waals surface area contributed by atoms with Crippen LogP contribution in [0.25, 0.3) is 0 Å². The van der Waals surface area contributed by atoms with Gasteiger partial charge in [0.2, 0.25) is 0 Å². The molecule has 1 aromatic heterocycles. The zero-order valence-corrected chi connectivity index (χ0v) is 14.3. The van der Waals surface area contributed by atoms with Gasteiger partial charge in [0.15, 0.2) is 5.16 Å². The Hall–Kier alpha value is -1.33. The molecule has 1 aliphatic heterocycles. The number of piperidine rings is 1. The Balaban J connectivity index is 1.72. The minimum absolute atomic E-state index is 0.542. The van der Waals surface area contributed by atoms with Crippen molar-refractivity contribution in [3.8, 4) is 0 Å². The predicted octanol–water partition coefficient (Wildman–Crippen LogP) is 1.98. The van der Waals surface area contributed by atoms with Gasteiger partial charge in [-0.3, -0.25) is 0 Å². The second kappa shape index (κ2) is 7.29. The van der Waals surface area contributed by atoms with Gasteiger partial charge < -0.3 is 9.47 Å². The highest BCUT2D eigenvalue weighted by Crippen LogP contribution is 2.24. The van der Waals surface area contributed by atoms with Crippen LogP contribution in [0.1, 0.15) is 37.1 Å². The number of hydrogen-bond donors (Lipinski definition) is 1. The van der Waals surface area contributed by atoms with Crippen molar-refractivity contribution >= 4 is 11.8 Å². The van der Waals surface area contributed by atoms with Crippen molar-refractivity contribution in [3.05, 3.63) is 41.7 Å². The first-order valence-electron chi connectivity index (χ1n) is 8.16. The van der Waals surface area contributed by atoms with Crippen molar-refractivity contribution in [1.82, 2.24) is 14.8 Å². The van der Waals surface area contributed by atoms with E-state index in [9.17, 15) is 0 Å². The molecular formula is C17H25N4S+. The van der Waals surface area contributed by atoms with Crippen LogP contribution in [0.15, 0.2) is 35.5 Å². The van der Waals surface area contributed by atoms with Crippen LogP contribution in [-0.2, 0) is 13.1 Å². The minimum atomic E-state index is 0.542. The van der Waals surface area contributed by atoms with E-state index in [4.69, 9.17) is 0 Å². The van der Waals surface area contributed by atoms with Gasteiger partial charge >= 0.3 is 0 Å². The molecule has 1 aromatic carbocycles. The maximum atomic E-state index is 4.50. The van der Waals surface area contributed by atoms with Crippen molar-refractivity contribution < 1.29 is 4.90 Å². The quantitative estimate of drug-likeness (QED) is 0.857. The summed E-state index contributed by atoms with van der Waals surface area (Å²) in [5.41, 5.74) is 1.43. The average molecular weight is 317 g/mol. The highest BCUT2D eigenvalue weighted by atomic mass is 32.2. The first-order chi connectivity index (χ1) is 10.8. The molecular weight excluding hydrogens is 292 g/mol. The summed E-state index contributed by atoms with van der Waals surface area (Å²) in [4.78, 5) is 1.67. The number of aromatic nitrogens is 3. The summed E-state index contributed by atoms with van der Waals surface area (Å²) >= 11 is 1.69. The zero-order chi connectivity index (χ0) is 15.4. The summed E-state index contributed by atoms with van der Waals surface area (Å²) < 4.78 is 2.29. The number of nitrogens with zero attached hydrogens (tertiary/aromatic N) is 3. The number of quaternary nitrogens is 1. The molecule has 0 spiro atoms. The van der Waals surface area contributed by atoms with Gasteiger partial charge in [-0.2, -0.15) is 0 Å². The number of thioether (sulfide) groups is 1. The molecule has 2 aromatic rings. The fraction of sp³-hybridized carbons (Fsp3) is 0.529. The van der Waals surface area contributed by atoms with Gasteiger partial charge in [-0.1, -0.05) is 42.1 Å². The van der Waals surface area contributed by atoms with Gasteiger partial charge in [0.1, 0.15) is 12.4 Å². The zero-order valence-electron chi connectivity index (χ0n) is 13.5. The molecule has 3 rings (SSSR count). The maximum Gasteiger partial charge on any atom is 0.190 e. The molecule has 1 aliphatic rings. The van der Waals surface area contributed by atoms with Gasteiger partial charge in [-0.05, 0) is 26.0 Å². The SMILES string of the molecule is CCn1c(SC)nnc1[C@@H]1CCC[NH+](Cc2ccccc2)C1. The van der Waals surface area contributed by atoms with E-state index in [-0.39, 0.29) is 0 Å². The molecule has 0 amide bonds. The van der Waals surface area contributed by atoms with Crippen LogP contribution in [0.5, 0.6) is 0 Å². The maximum absolute atomic E-state index is 4.50. The normalized spacial score (nSPS) is 21.9. The van der Waals surface area contributed by atoms with E-state index in [1.54, 1.807) is 16.7 Å². The highest BCUT2D eigenvalue weighted by molar-refractivity contribution is 7.98. The van der Waals surface area contributed by atoms with E-state index in [0.29, 0.717) is 5.92 Å². The van der Waals surface area contributed by atoms with Crippen LogP contribution in [0.2, 0.25) is 0 Å². The first kappa shape index (κ1) is 15.6. The first-order valence-corrected chi connectivity index (χ1v) is 9.38. The summed E-state index contributed by atoms with van der Waals surface area (Å²) in [6.07, 6.45) is 4.59. The fourth-order valence-corrected chi connectivity index (χ4v) is 4.03. The molecule has 1 saturated heterocycles. The highest BCUT2D eigenvalue weighted by Gasteiger charge is 2.29. The number of likely N-dealkylation sites (tertiary alicyclic amines) is 1. The summed E-state index contributed by atoms with van der Waals surface area (Å²) in [5, 5.41) is 9.91. The van der Waals surface area contributed by atoms with Crippen LogP contribution in [0.4, 0.5) is 0 Å². The van der Waals surface area contributed by atoms with Crippen molar-refractivity contribution in [2.75, 3.05) is 19.3 Å². The number of hydrogen-bond acceptors (Lipinski definition) is 3. The van der Waals surface area contributed by atoms with Crippen molar-refractivity contribution in [2.24, 2.45) is 0 Å². The smallest absolute Gasteiger partial charge is 0.190 e. The molecule has 1 fully saturated rings. The van der Waals surface area contributed by atoms with Crippen LogP contribution < -0.4 is 4.90 Å². The summed E-state index contributed by atoms with van der Waals surface area (Å²) in [5.74, 6) is 1.73. The minimum Gasteiger partial charge on any atom is -0.331 e. The second-order valence-corrected chi connectivity index (χ2v) is 6.77. The molecule has 2 atom stereocenters. The molecule has 22 heavy (non-hydrogen) atoms. The van der Waals surface area contributed by atoms with Crippen LogP contribution >= 0.6 is 11.8 Å². The van der Waals surface area contributed by atoms with Crippen molar-refractivity contribution in [2.45, 2.75) is 43.9 Å². The lowest BCUT2D eigenvalue weighted by molar-refractivity contribution is -0.920. The van der Waals surface area contributed by atoms with Gasteiger partial charge in [-0.15, -0.1) is 10.2 Å². The molecule has 0 bridgehead atoms. The van der Waals surface area contributed by atoms with Gasteiger partial charge in [-0.25, -0.2) is 0 Å². The third-order valence-electron chi connectivity index (χ3n) is 4.52. The molecule has 0 aliphatic carbocycles. The molecule has 2 heterocycles. The Bertz CT molecular complexity index is 596. The van der Waals surface area contributed by atoms with Crippen LogP contribution in [0, 0.1) is 0 Å². The standard InChI is InChI=1S/C17H24N4S/c1-3-21-16(18-19-17(21)22-2)15-10-7-11-20(13-15)12-14-8-5-4-6-9-14/h4-6,8-9,15H,3,7,10-13H2,1-2H3/p+1/t15-/m1/s1. The molecule has 1 N–H and O–H groups in total. The third kappa shape index (κ3) is 3.36. The van der Waals surface area contributed by atoms with E-state index in [1.165, 1.54) is 37.3 Å². The Morgan fingerprint density at radius 1 is 1.27 bits per heavy atom. The molecule has 118 valence electrons. The van der Waals surface area contributed by atoms with Crippen LogP contribution in [0.3, 0.4) is 0 Å². The van der Waals surface area contributed by atoms with E-state index in [0.717, 1.165) is 18.2 Å². The van der Waals surface area contributed by atoms with Crippen molar-refractivity contribution in [1.29, 1.82) is 0 Å². The molecule has 4 nitrogen and oxygen atoms in total. The second-order valence-electron chi connectivity index (χ2n) is 5.99. The van der Waals surface area contributed by atoms with Crippen molar-refractivity contribution in [3.63, 3.8) is 0 Å². The summed E-state index contributed by atoms with van der Waals surface area (Å²) in [7, 11) is 0. The topological polar surface area (TPSA) is 35.1 Å². The van der Waals surface area contributed by atoms with E-state index in [2.05, 4.69) is 58.3 Å². The fourth-order valence-electron chi connectivity index (χ4n) is 3.47. The largest absolute Gasteiger partial charge is 0.331 e. The number of rotatable bonds is 5. The Morgan fingerprint density at radius 3 is 2.82 bits per heavy atom. The van der Waals surface area contributed by atoms with E-state index >= 15 is 0 Å². The Morgan fingerprint density at radius 2 is 2.09 bits per heavy atom. The Kier molecular flexibility index (Phi) is 5.16. The van der Waals surface area contributed by atoms with Gasteiger partial charge in [0.05, 0.1) is 19.0 Å². The summed E-state index contributed by atoms with van der Waals surface area (Å²) in [6, 6.07) is 10.8. The molecule has 1 unspecified atom stereocenters. The molecule has 0 saturated carbocycles. The molecule has 5 heteroatoms. The van der Waals surface area contributed by atoms with E-state index < -0.39 is 0 Å². The third-order valence-corrected chi connectivity index (χ3v) is 5.19. The average Bonchev–Trinajstić information content (AvgIpc) is 2.99. The summed E-state index contributed by atoms with van der Waals surface area (Å²) in [6.45, 7) is 6.70.